The molecule has 0 saturated carbocycles. The predicted octanol–water partition coefficient (Wildman–Crippen LogP) is 2.61. The summed E-state index contributed by atoms with van der Waals surface area (Å²) in [6, 6.07) is 6.39. The Bertz CT molecular complexity index is 617. The number of carboxylic acid groups (broad SMARTS) is 1. The summed E-state index contributed by atoms with van der Waals surface area (Å²) in [6.07, 6.45) is 2.18. The summed E-state index contributed by atoms with van der Waals surface area (Å²) in [4.78, 5) is 10.8. The lowest BCUT2D eigenvalue weighted by Crippen LogP contribution is -2.40. The second-order valence-electron chi connectivity index (χ2n) is 5.23. The zero-order valence-corrected chi connectivity index (χ0v) is 13.1. The van der Waals surface area contributed by atoms with Gasteiger partial charge in [-0.1, -0.05) is 23.7 Å². The molecule has 7 heteroatoms. The van der Waals surface area contributed by atoms with Crippen LogP contribution < -0.4 is 0 Å². The lowest BCUT2D eigenvalue weighted by Gasteiger charge is -2.32. The average molecular weight is 332 g/mol. The molecule has 1 unspecified atom stereocenters. The van der Waals surface area contributed by atoms with Gasteiger partial charge in [0.25, 0.3) is 0 Å². The number of halogens is 1. The molecule has 1 aliphatic heterocycles. The minimum atomic E-state index is -3.61. The Kier molecular flexibility index (Phi) is 5.24. The molecule has 1 atom stereocenters. The molecule has 21 heavy (non-hydrogen) atoms. The van der Waals surface area contributed by atoms with Crippen molar-refractivity contribution in [3.05, 3.63) is 29.3 Å². The Morgan fingerprint density at radius 3 is 2.76 bits per heavy atom. The van der Waals surface area contributed by atoms with Gasteiger partial charge >= 0.3 is 5.97 Å². The number of carboxylic acids is 1. The van der Waals surface area contributed by atoms with Crippen LogP contribution in [0.4, 0.5) is 0 Å². The standard InChI is InChI=1S/C14H18ClNO4S/c15-12-5-1-2-6-13(12)21(19,20)16-9-3-4-11(10-16)7-8-14(17)18/h1-2,5-6,11H,3-4,7-10H2,(H,17,18). The minimum Gasteiger partial charge on any atom is -0.481 e. The molecule has 116 valence electrons. The number of sulfonamides is 1. The van der Waals surface area contributed by atoms with E-state index in [9.17, 15) is 13.2 Å². The van der Waals surface area contributed by atoms with Crippen LogP contribution in [0.15, 0.2) is 29.2 Å². The highest BCUT2D eigenvalue weighted by Crippen LogP contribution is 2.29. The van der Waals surface area contributed by atoms with Crippen LogP contribution in [0.5, 0.6) is 0 Å². The van der Waals surface area contributed by atoms with E-state index in [0.29, 0.717) is 19.5 Å². The fraction of sp³-hybridized carbons (Fsp3) is 0.500. The Morgan fingerprint density at radius 1 is 1.38 bits per heavy atom. The van der Waals surface area contributed by atoms with Crippen LogP contribution in [-0.4, -0.2) is 36.9 Å². The van der Waals surface area contributed by atoms with E-state index in [4.69, 9.17) is 16.7 Å². The van der Waals surface area contributed by atoms with Crippen molar-refractivity contribution in [2.75, 3.05) is 13.1 Å². The highest BCUT2D eigenvalue weighted by Gasteiger charge is 2.31. The van der Waals surface area contributed by atoms with E-state index in [1.807, 2.05) is 0 Å². The number of piperidine rings is 1. The zero-order valence-electron chi connectivity index (χ0n) is 11.5. The first kappa shape index (κ1) is 16.3. The summed E-state index contributed by atoms with van der Waals surface area (Å²) in [5.41, 5.74) is 0. The molecule has 1 heterocycles. The van der Waals surface area contributed by atoms with Crippen molar-refractivity contribution < 1.29 is 18.3 Å². The monoisotopic (exact) mass is 331 g/mol. The molecular weight excluding hydrogens is 314 g/mol. The molecule has 0 aliphatic carbocycles. The molecule has 1 saturated heterocycles. The average Bonchev–Trinajstić information content (AvgIpc) is 2.45. The van der Waals surface area contributed by atoms with E-state index in [-0.39, 0.29) is 22.3 Å². The van der Waals surface area contributed by atoms with Crippen molar-refractivity contribution in [2.45, 2.75) is 30.6 Å². The van der Waals surface area contributed by atoms with Crippen molar-refractivity contribution >= 4 is 27.6 Å². The molecule has 1 fully saturated rings. The molecule has 1 aromatic rings. The van der Waals surface area contributed by atoms with Gasteiger partial charge in [0.1, 0.15) is 4.90 Å². The predicted molar refractivity (Wildman–Crippen MR) is 79.8 cm³/mol. The molecule has 0 amide bonds. The summed E-state index contributed by atoms with van der Waals surface area (Å²) >= 11 is 5.98. The van der Waals surface area contributed by atoms with Gasteiger partial charge in [-0.15, -0.1) is 0 Å². The summed E-state index contributed by atoms with van der Waals surface area (Å²) in [5.74, 6) is -0.756. The molecule has 1 aliphatic rings. The van der Waals surface area contributed by atoms with Gasteiger partial charge in [0, 0.05) is 19.5 Å². The van der Waals surface area contributed by atoms with Crippen LogP contribution >= 0.6 is 11.6 Å². The minimum absolute atomic E-state index is 0.0741. The van der Waals surface area contributed by atoms with Crippen LogP contribution in [0.1, 0.15) is 25.7 Å². The second-order valence-corrected chi connectivity index (χ2v) is 7.55. The molecule has 0 aromatic heterocycles. The number of benzene rings is 1. The number of rotatable bonds is 5. The first-order valence-corrected chi connectivity index (χ1v) is 8.69. The summed E-state index contributed by atoms with van der Waals surface area (Å²) in [6.45, 7) is 0.817. The second kappa shape index (κ2) is 6.77. The van der Waals surface area contributed by atoms with Crippen LogP contribution in [-0.2, 0) is 14.8 Å². The number of aliphatic carboxylic acids is 1. The fourth-order valence-corrected chi connectivity index (χ4v) is 4.65. The van der Waals surface area contributed by atoms with Crippen molar-refractivity contribution in [2.24, 2.45) is 5.92 Å². The largest absolute Gasteiger partial charge is 0.481 e. The molecule has 5 nitrogen and oxygen atoms in total. The maximum absolute atomic E-state index is 12.6. The Morgan fingerprint density at radius 2 is 2.10 bits per heavy atom. The molecular formula is C14H18ClNO4S. The molecule has 1 N–H and O–H groups in total. The first-order valence-electron chi connectivity index (χ1n) is 6.87. The maximum atomic E-state index is 12.6. The normalized spacial score (nSPS) is 20.3. The Labute approximate surface area is 129 Å². The van der Waals surface area contributed by atoms with Gasteiger partial charge in [0.15, 0.2) is 0 Å². The SMILES string of the molecule is O=C(O)CCC1CCCN(S(=O)(=O)c2ccccc2Cl)C1. The summed E-state index contributed by atoms with van der Waals surface area (Å²) in [7, 11) is -3.61. The number of carbonyl (C=O) groups is 1. The van der Waals surface area contributed by atoms with Crippen molar-refractivity contribution in [1.82, 2.24) is 4.31 Å². The topological polar surface area (TPSA) is 74.7 Å². The third-order valence-electron chi connectivity index (χ3n) is 3.70. The van der Waals surface area contributed by atoms with Gasteiger partial charge in [-0.05, 0) is 37.3 Å². The van der Waals surface area contributed by atoms with Crippen molar-refractivity contribution in [1.29, 1.82) is 0 Å². The molecule has 0 spiro atoms. The maximum Gasteiger partial charge on any atom is 0.303 e. The van der Waals surface area contributed by atoms with E-state index in [2.05, 4.69) is 0 Å². The molecule has 1 aromatic carbocycles. The van der Waals surface area contributed by atoms with Crippen LogP contribution in [0.25, 0.3) is 0 Å². The van der Waals surface area contributed by atoms with E-state index in [0.717, 1.165) is 12.8 Å². The van der Waals surface area contributed by atoms with Crippen LogP contribution in [0.3, 0.4) is 0 Å². The van der Waals surface area contributed by atoms with E-state index >= 15 is 0 Å². The molecule has 0 bridgehead atoms. The van der Waals surface area contributed by atoms with E-state index in [1.54, 1.807) is 18.2 Å². The van der Waals surface area contributed by atoms with Crippen molar-refractivity contribution in [3.8, 4) is 0 Å². The van der Waals surface area contributed by atoms with E-state index < -0.39 is 16.0 Å². The Hall–Kier alpha value is -1.11. The van der Waals surface area contributed by atoms with Gasteiger partial charge in [-0.3, -0.25) is 4.79 Å². The number of nitrogens with zero attached hydrogens (tertiary/aromatic N) is 1. The smallest absolute Gasteiger partial charge is 0.303 e. The highest BCUT2D eigenvalue weighted by atomic mass is 35.5. The van der Waals surface area contributed by atoms with Crippen molar-refractivity contribution in [3.63, 3.8) is 0 Å². The molecule has 0 radical (unpaired) electrons. The van der Waals surface area contributed by atoms with Crippen LogP contribution in [0.2, 0.25) is 5.02 Å². The third kappa shape index (κ3) is 3.96. The summed E-state index contributed by atoms with van der Waals surface area (Å²) < 4.78 is 26.7. The zero-order chi connectivity index (χ0) is 15.5. The summed E-state index contributed by atoms with van der Waals surface area (Å²) in [5, 5.41) is 8.95. The lowest BCUT2D eigenvalue weighted by molar-refractivity contribution is -0.137. The lowest BCUT2D eigenvalue weighted by atomic mass is 9.95. The molecule has 2 rings (SSSR count). The fourth-order valence-electron chi connectivity index (χ4n) is 2.60. The van der Waals surface area contributed by atoms with Gasteiger partial charge in [-0.2, -0.15) is 4.31 Å². The first-order chi connectivity index (χ1) is 9.91. The third-order valence-corrected chi connectivity index (χ3v) is 6.07. The highest BCUT2D eigenvalue weighted by molar-refractivity contribution is 7.89. The van der Waals surface area contributed by atoms with Gasteiger partial charge < -0.3 is 5.11 Å². The Balaban J connectivity index is 2.13. The quantitative estimate of drug-likeness (QED) is 0.900. The number of hydrogen-bond acceptors (Lipinski definition) is 3. The number of hydrogen-bond donors (Lipinski definition) is 1. The van der Waals surface area contributed by atoms with Gasteiger partial charge in [-0.25, -0.2) is 8.42 Å². The van der Waals surface area contributed by atoms with Gasteiger partial charge in [0.2, 0.25) is 10.0 Å². The van der Waals surface area contributed by atoms with E-state index in [1.165, 1.54) is 10.4 Å². The van der Waals surface area contributed by atoms with Crippen LogP contribution in [0, 0.1) is 5.92 Å². The van der Waals surface area contributed by atoms with Gasteiger partial charge in [0.05, 0.1) is 5.02 Å².